The van der Waals surface area contributed by atoms with Gasteiger partial charge in [-0.05, 0) is 25.2 Å². The number of carbonyl (C=O) groups excluding carboxylic acids is 1. The van der Waals surface area contributed by atoms with Crippen molar-refractivity contribution in [2.24, 2.45) is 11.3 Å². The monoisotopic (exact) mass is 196 g/mol. The van der Waals surface area contributed by atoms with E-state index in [4.69, 9.17) is 10.4 Å². The van der Waals surface area contributed by atoms with E-state index < -0.39 is 5.41 Å². The summed E-state index contributed by atoms with van der Waals surface area (Å²) in [6.07, 6.45) is 2.29. The highest BCUT2D eigenvalue weighted by Gasteiger charge is 2.44. The maximum Gasteiger partial charge on any atom is 0.240 e. The Kier molecular flexibility index (Phi) is 3.48. The van der Waals surface area contributed by atoms with Crippen LogP contribution in [0.15, 0.2) is 0 Å². The standard InChI is InChI=1S/C10H16N2O2/c1-8(6-13)5-12-9(14)10(7-11)3-2-4-10/h8,13H,2-6H2,1H3,(H,12,14). The van der Waals surface area contributed by atoms with Crippen LogP contribution in [0.4, 0.5) is 0 Å². The minimum absolute atomic E-state index is 0.0507. The maximum absolute atomic E-state index is 11.6. The van der Waals surface area contributed by atoms with Gasteiger partial charge in [0.1, 0.15) is 5.41 Å². The van der Waals surface area contributed by atoms with Gasteiger partial charge in [-0.15, -0.1) is 0 Å². The molecule has 0 aromatic heterocycles. The van der Waals surface area contributed by atoms with Crippen molar-refractivity contribution in [3.63, 3.8) is 0 Å². The van der Waals surface area contributed by atoms with Gasteiger partial charge in [-0.3, -0.25) is 4.79 Å². The van der Waals surface area contributed by atoms with Crippen LogP contribution in [0.5, 0.6) is 0 Å². The number of carbonyl (C=O) groups is 1. The average Bonchev–Trinajstić information content (AvgIpc) is 2.13. The molecule has 0 heterocycles. The minimum Gasteiger partial charge on any atom is -0.396 e. The van der Waals surface area contributed by atoms with Gasteiger partial charge in [-0.25, -0.2) is 0 Å². The highest BCUT2D eigenvalue weighted by atomic mass is 16.3. The molecule has 1 fully saturated rings. The third-order valence-corrected chi connectivity index (χ3v) is 2.78. The van der Waals surface area contributed by atoms with E-state index >= 15 is 0 Å². The molecule has 1 saturated carbocycles. The summed E-state index contributed by atoms with van der Waals surface area (Å²) in [7, 11) is 0. The summed E-state index contributed by atoms with van der Waals surface area (Å²) in [4.78, 5) is 11.6. The number of nitriles is 1. The van der Waals surface area contributed by atoms with Gasteiger partial charge in [0.15, 0.2) is 0 Å². The molecule has 4 nitrogen and oxygen atoms in total. The lowest BCUT2D eigenvalue weighted by atomic mass is 9.69. The van der Waals surface area contributed by atoms with Crippen LogP contribution >= 0.6 is 0 Å². The number of nitrogens with one attached hydrogen (secondary N) is 1. The van der Waals surface area contributed by atoms with E-state index in [1.165, 1.54) is 0 Å². The number of hydrogen-bond donors (Lipinski definition) is 2. The largest absolute Gasteiger partial charge is 0.396 e. The highest BCUT2D eigenvalue weighted by molar-refractivity contribution is 5.86. The Morgan fingerprint density at radius 2 is 2.36 bits per heavy atom. The molecule has 0 aliphatic heterocycles. The number of aliphatic hydroxyl groups is 1. The van der Waals surface area contributed by atoms with Gasteiger partial charge < -0.3 is 10.4 Å². The van der Waals surface area contributed by atoms with Crippen LogP contribution in [0, 0.1) is 22.7 Å². The topological polar surface area (TPSA) is 73.1 Å². The molecule has 2 N–H and O–H groups in total. The molecule has 1 atom stereocenters. The predicted molar refractivity (Wildman–Crippen MR) is 51.2 cm³/mol. The smallest absolute Gasteiger partial charge is 0.240 e. The molecule has 0 bridgehead atoms. The Labute approximate surface area is 83.9 Å². The van der Waals surface area contributed by atoms with Gasteiger partial charge in [0.2, 0.25) is 5.91 Å². The second-order valence-corrected chi connectivity index (χ2v) is 4.05. The average molecular weight is 196 g/mol. The second kappa shape index (κ2) is 4.43. The lowest BCUT2D eigenvalue weighted by molar-refractivity contribution is -0.131. The Bertz CT molecular complexity index is 253. The van der Waals surface area contributed by atoms with E-state index in [2.05, 4.69) is 11.4 Å². The van der Waals surface area contributed by atoms with Crippen molar-refractivity contribution in [2.75, 3.05) is 13.2 Å². The molecule has 14 heavy (non-hydrogen) atoms. The van der Waals surface area contributed by atoms with Crippen molar-refractivity contribution in [3.8, 4) is 6.07 Å². The number of hydrogen-bond acceptors (Lipinski definition) is 3. The Morgan fingerprint density at radius 3 is 2.71 bits per heavy atom. The van der Waals surface area contributed by atoms with Crippen LogP contribution in [-0.2, 0) is 4.79 Å². The fraction of sp³-hybridized carbons (Fsp3) is 0.800. The minimum atomic E-state index is -0.769. The molecular weight excluding hydrogens is 180 g/mol. The van der Waals surface area contributed by atoms with E-state index in [1.54, 1.807) is 0 Å². The van der Waals surface area contributed by atoms with E-state index in [0.29, 0.717) is 19.4 Å². The van der Waals surface area contributed by atoms with Gasteiger partial charge >= 0.3 is 0 Å². The van der Waals surface area contributed by atoms with Gasteiger partial charge in [0, 0.05) is 13.2 Å². The van der Waals surface area contributed by atoms with Crippen LogP contribution in [0.2, 0.25) is 0 Å². The van der Waals surface area contributed by atoms with Crippen molar-refractivity contribution in [2.45, 2.75) is 26.2 Å². The number of nitrogens with zero attached hydrogens (tertiary/aromatic N) is 1. The van der Waals surface area contributed by atoms with Gasteiger partial charge in [-0.1, -0.05) is 6.92 Å². The molecule has 0 spiro atoms. The van der Waals surface area contributed by atoms with E-state index in [9.17, 15) is 4.79 Å². The number of amides is 1. The molecule has 0 aromatic carbocycles. The highest BCUT2D eigenvalue weighted by Crippen LogP contribution is 2.40. The maximum atomic E-state index is 11.6. The zero-order valence-corrected chi connectivity index (χ0v) is 8.42. The van der Waals surface area contributed by atoms with Crippen LogP contribution in [-0.4, -0.2) is 24.2 Å². The summed E-state index contributed by atoms with van der Waals surface area (Å²) < 4.78 is 0. The molecule has 78 valence electrons. The van der Waals surface area contributed by atoms with Crippen molar-refractivity contribution in [1.82, 2.24) is 5.32 Å². The molecule has 4 heteroatoms. The summed E-state index contributed by atoms with van der Waals surface area (Å²) >= 11 is 0. The summed E-state index contributed by atoms with van der Waals surface area (Å²) in [5, 5.41) is 20.3. The quantitative estimate of drug-likeness (QED) is 0.684. The molecule has 1 amide bonds. The summed E-state index contributed by atoms with van der Waals surface area (Å²) in [6, 6.07) is 2.08. The van der Waals surface area contributed by atoms with Crippen LogP contribution in [0.25, 0.3) is 0 Å². The normalized spacial score (nSPS) is 20.4. The van der Waals surface area contributed by atoms with Crippen molar-refractivity contribution < 1.29 is 9.90 Å². The van der Waals surface area contributed by atoms with E-state index in [1.807, 2.05) is 6.92 Å². The van der Waals surface area contributed by atoms with Crippen molar-refractivity contribution >= 4 is 5.91 Å². The molecule has 1 unspecified atom stereocenters. The second-order valence-electron chi connectivity index (χ2n) is 4.05. The first kappa shape index (κ1) is 11.0. The summed E-state index contributed by atoms with van der Waals surface area (Å²) in [5.74, 6) is -0.124. The van der Waals surface area contributed by atoms with Gasteiger partial charge in [0.25, 0.3) is 0 Å². The Hall–Kier alpha value is -1.08. The zero-order valence-electron chi connectivity index (χ0n) is 8.42. The fourth-order valence-corrected chi connectivity index (χ4v) is 1.42. The lowest BCUT2D eigenvalue weighted by Crippen LogP contribution is -2.46. The first-order chi connectivity index (χ1) is 6.64. The molecule has 1 aliphatic carbocycles. The molecule has 1 aliphatic rings. The summed E-state index contributed by atoms with van der Waals surface area (Å²) in [6.45, 7) is 2.35. The Balaban J connectivity index is 2.39. The van der Waals surface area contributed by atoms with Gasteiger partial charge in [0.05, 0.1) is 6.07 Å². The third kappa shape index (κ3) is 2.05. The van der Waals surface area contributed by atoms with Crippen LogP contribution < -0.4 is 5.32 Å². The van der Waals surface area contributed by atoms with Crippen molar-refractivity contribution in [3.05, 3.63) is 0 Å². The third-order valence-electron chi connectivity index (χ3n) is 2.78. The first-order valence-electron chi connectivity index (χ1n) is 4.95. The fourth-order valence-electron chi connectivity index (χ4n) is 1.42. The molecule has 0 aromatic rings. The van der Waals surface area contributed by atoms with E-state index in [-0.39, 0.29) is 18.4 Å². The SMILES string of the molecule is CC(CO)CNC(=O)C1(C#N)CCC1. The number of rotatable bonds is 4. The van der Waals surface area contributed by atoms with Gasteiger partial charge in [-0.2, -0.15) is 5.26 Å². The van der Waals surface area contributed by atoms with Crippen LogP contribution in [0.3, 0.4) is 0 Å². The Morgan fingerprint density at radius 1 is 1.71 bits per heavy atom. The van der Waals surface area contributed by atoms with Crippen LogP contribution in [0.1, 0.15) is 26.2 Å². The first-order valence-corrected chi connectivity index (χ1v) is 4.95. The zero-order chi connectivity index (χ0) is 10.6. The van der Waals surface area contributed by atoms with E-state index in [0.717, 1.165) is 6.42 Å². The lowest BCUT2D eigenvalue weighted by Gasteiger charge is -2.33. The number of aliphatic hydroxyl groups excluding tert-OH is 1. The molecular formula is C10H16N2O2. The molecule has 1 rings (SSSR count). The molecule has 0 radical (unpaired) electrons. The summed E-state index contributed by atoms with van der Waals surface area (Å²) in [5.41, 5.74) is -0.769. The van der Waals surface area contributed by atoms with Crippen molar-refractivity contribution in [1.29, 1.82) is 5.26 Å². The predicted octanol–water partition coefficient (Wildman–Crippen LogP) is 0.425. The molecule has 0 saturated heterocycles.